The first-order valence-corrected chi connectivity index (χ1v) is 9.43. The predicted octanol–water partition coefficient (Wildman–Crippen LogP) is 4.52. The van der Waals surface area contributed by atoms with Gasteiger partial charge in [0.05, 0.1) is 5.71 Å². The largest absolute Gasteiger partial charge is 0.460 e. The molecule has 1 N–H and O–H groups in total. The molecule has 0 saturated heterocycles. The monoisotopic (exact) mass is 477 g/mol. The Morgan fingerprint density at radius 1 is 0.970 bits per heavy atom. The fourth-order valence-corrected chi connectivity index (χ4v) is 3.25. The van der Waals surface area contributed by atoms with E-state index in [1.54, 1.807) is 19.0 Å². The van der Waals surface area contributed by atoms with Crippen LogP contribution < -0.4 is 4.90 Å². The van der Waals surface area contributed by atoms with E-state index in [4.69, 9.17) is 0 Å². The van der Waals surface area contributed by atoms with Crippen molar-refractivity contribution in [2.24, 2.45) is 5.10 Å². The topological polar surface area (TPSA) is 56.1 Å². The minimum absolute atomic E-state index is 0.0558. The average molecular weight is 477 g/mol. The van der Waals surface area contributed by atoms with Gasteiger partial charge in [0, 0.05) is 31.8 Å². The summed E-state index contributed by atoms with van der Waals surface area (Å²) in [6.45, 7) is 0. The van der Waals surface area contributed by atoms with E-state index in [9.17, 15) is 40.6 Å². The van der Waals surface area contributed by atoms with E-state index in [0.717, 1.165) is 12.1 Å². The van der Waals surface area contributed by atoms with Crippen molar-refractivity contribution >= 4 is 17.3 Å². The van der Waals surface area contributed by atoms with Gasteiger partial charge in [0.2, 0.25) is 5.72 Å². The van der Waals surface area contributed by atoms with Crippen molar-refractivity contribution in [3.8, 4) is 0 Å². The summed E-state index contributed by atoms with van der Waals surface area (Å²) in [5.74, 6) is -14.3. The van der Waals surface area contributed by atoms with Crippen LogP contribution in [0.25, 0.3) is 0 Å². The zero-order valence-electron chi connectivity index (χ0n) is 17.2. The molecule has 1 heterocycles. The molecule has 0 bridgehead atoms. The number of nitrogens with zero attached hydrogens (tertiary/aromatic N) is 3. The number of amides is 1. The summed E-state index contributed by atoms with van der Waals surface area (Å²) < 4.78 is 95.9. The van der Waals surface area contributed by atoms with Crippen LogP contribution in [-0.4, -0.2) is 59.6 Å². The second kappa shape index (κ2) is 8.01. The second-order valence-electron chi connectivity index (χ2n) is 7.61. The molecule has 2 aromatic carbocycles. The van der Waals surface area contributed by atoms with Gasteiger partial charge < -0.3 is 10.0 Å². The summed E-state index contributed by atoms with van der Waals surface area (Å²) in [7, 11) is 3.35. The molecule has 5 nitrogen and oxygen atoms in total. The molecule has 1 amide bonds. The number of carbonyl (C=O) groups excluding carboxylic acids is 1. The number of anilines is 1. The van der Waals surface area contributed by atoms with E-state index in [-0.39, 0.29) is 16.1 Å². The standard InChI is InChI=1S/C21H18F7N3O2/c1-30(2)15-10-8-14(9-11-15)17(32)31-18(33,19(22,23)20(24,25)21(26,27)28)12-16(29-31)13-6-4-3-5-7-13/h3-11,33H,12H2,1-2H3/t18-/m1/s1. The quantitative estimate of drug-likeness (QED) is 0.645. The Labute approximate surface area is 183 Å². The Kier molecular flexibility index (Phi) is 5.95. The van der Waals surface area contributed by atoms with Crippen LogP contribution in [0.15, 0.2) is 59.7 Å². The van der Waals surface area contributed by atoms with Gasteiger partial charge in [-0.3, -0.25) is 4.79 Å². The maximum atomic E-state index is 14.8. The molecule has 1 atom stereocenters. The third kappa shape index (κ3) is 3.92. The van der Waals surface area contributed by atoms with Gasteiger partial charge in [-0.15, -0.1) is 0 Å². The first-order valence-electron chi connectivity index (χ1n) is 9.43. The zero-order chi connectivity index (χ0) is 24.8. The van der Waals surface area contributed by atoms with E-state index < -0.39 is 41.8 Å². The fourth-order valence-electron chi connectivity index (χ4n) is 3.25. The molecule has 1 aliphatic heterocycles. The highest BCUT2D eigenvalue weighted by Crippen LogP contribution is 2.54. The molecule has 0 spiro atoms. The molecule has 0 radical (unpaired) electrons. The molecule has 12 heteroatoms. The fraction of sp³-hybridized carbons (Fsp3) is 0.333. The van der Waals surface area contributed by atoms with Crippen LogP contribution in [0.2, 0.25) is 0 Å². The van der Waals surface area contributed by atoms with Gasteiger partial charge in [0.1, 0.15) is 0 Å². The molecule has 0 unspecified atom stereocenters. The zero-order valence-corrected chi connectivity index (χ0v) is 17.2. The number of halogens is 7. The van der Waals surface area contributed by atoms with Crippen LogP contribution in [0, 0.1) is 0 Å². The van der Waals surface area contributed by atoms with E-state index in [1.165, 1.54) is 42.5 Å². The summed E-state index contributed by atoms with van der Waals surface area (Å²) in [5, 5.41) is 13.8. The van der Waals surface area contributed by atoms with Crippen molar-refractivity contribution in [2.75, 3.05) is 19.0 Å². The Hall–Kier alpha value is -3.15. The lowest BCUT2D eigenvalue weighted by atomic mass is 9.91. The second-order valence-corrected chi connectivity index (χ2v) is 7.61. The van der Waals surface area contributed by atoms with Gasteiger partial charge in [-0.25, -0.2) is 0 Å². The number of carbonyl (C=O) groups is 1. The maximum absolute atomic E-state index is 14.8. The van der Waals surface area contributed by atoms with E-state index in [1.807, 2.05) is 0 Å². The van der Waals surface area contributed by atoms with Crippen molar-refractivity contribution < 1.29 is 40.6 Å². The number of hydrogen-bond donors (Lipinski definition) is 1. The van der Waals surface area contributed by atoms with E-state index in [2.05, 4.69) is 5.10 Å². The molecule has 0 fully saturated rings. The van der Waals surface area contributed by atoms with Crippen LogP contribution in [0.1, 0.15) is 22.3 Å². The Bertz CT molecular complexity index is 1050. The number of rotatable bonds is 5. The molecule has 0 aromatic heterocycles. The van der Waals surface area contributed by atoms with Crippen LogP contribution in [0.3, 0.4) is 0 Å². The minimum Gasteiger partial charge on any atom is -0.378 e. The summed E-state index contributed by atoms with van der Waals surface area (Å²) in [4.78, 5) is 14.6. The van der Waals surface area contributed by atoms with Gasteiger partial charge in [0.15, 0.2) is 0 Å². The molecular weight excluding hydrogens is 459 g/mol. The van der Waals surface area contributed by atoms with Crippen molar-refractivity contribution in [3.05, 3.63) is 65.7 Å². The predicted molar refractivity (Wildman–Crippen MR) is 105 cm³/mol. The molecule has 33 heavy (non-hydrogen) atoms. The lowest BCUT2D eigenvalue weighted by Crippen LogP contribution is -2.69. The number of aliphatic hydroxyl groups is 1. The summed E-state index contributed by atoms with van der Waals surface area (Å²) in [5.41, 5.74) is -4.47. The molecule has 3 rings (SSSR count). The maximum Gasteiger partial charge on any atom is 0.460 e. The van der Waals surface area contributed by atoms with Gasteiger partial charge in [-0.1, -0.05) is 30.3 Å². The van der Waals surface area contributed by atoms with Crippen LogP contribution in [0.5, 0.6) is 0 Å². The summed E-state index contributed by atoms with van der Waals surface area (Å²) in [6, 6.07) is 12.1. The lowest BCUT2D eigenvalue weighted by Gasteiger charge is -2.41. The third-order valence-corrected chi connectivity index (χ3v) is 5.17. The summed E-state index contributed by atoms with van der Waals surface area (Å²) in [6.07, 6.45) is -8.17. The highest BCUT2D eigenvalue weighted by atomic mass is 19.4. The molecular formula is C21H18F7N3O2. The van der Waals surface area contributed by atoms with E-state index >= 15 is 0 Å². The number of hydrazone groups is 1. The van der Waals surface area contributed by atoms with Crippen LogP contribution in [0.4, 0.5) is 36.4 Å². The van der Waals surface area contributed by atoms with Gasteiger partial charge in [-0.2, -0.15) is 40.8 Å². The lowest BCUT2D eigenvalue weighted by molar-refractivity contribution is -0.400. The highest BCUT2D eigenvalue weighted by Gasteiger charge is 2.82. The van der Waals surface area contributed by atoms with E-state index in [0.29, 0.717) is 5.69 Å². The summed E-state index contributed by atoms with van der Waals surface area (Å²) >= 11 is 0. The Morgan fingerprint density at radius 3 is 2.00 bits per heavy atom. The van der Waals surface area contributed by atoms with Crippen LogP contribution in [-0.2, 0) is 0 Å². The van der Waals surface area contributed by atoms with Gasteiger partial charge in [-0.05, 0) is 29.8 Å². The number of benzene rings is 2. The SMILES string of the molecule is CN(C)c1ccc(C(=O)N2N=C(c3ccccc3)C[C@@]2(O)C(F)(F)C(F)(F)C(F)(F)F)cc1. The van der Waals surface area contributed by atoms with Crippen molar-refractivity contribution in [1.82, 2.24) is 5.01 Å². The van der Waals surface area contributed by atoms with Crippen molar-refractivity contribution in [2.45, 2.75) is 30.2 Å². The Balaban J connectivity index is 2.12. The Morgan fingerprint density at radius 2 is 1.52 bits per heavy atom. The van der Waals surface area contributed by atoms with Gasteiger partial charge >= 0.3 is 18.0 Å². The number of alkyl halides is 7. The molecule has 178 valence electrons. The minimum atomic E-state index is -6.70. The molecule has 1 aliphatic rings. The van der Waals surface area contributed by atoms with Crippen molar-refractivity contribution in [1.29, 1.82) is 0 Å². The highest BCUT2D eigenvalue weighted by molar-refractivity contribution is 6.05. The van der Waals surface area contributed by atoms with Crippen molar-refractivity contribution in [3.63, 3.8) is 0 Å². The molecule has 0 aliphatic carbocycles. The first kappa shape index (κ1) is 24.5. The number of hydrogen-bond acceptors (Lipinski definition) is 4. The third-order valence-electron chi connectivity index (χ3n) is 5.17. The first-order chi connectivity index (χ1) is 15.1. The van der Waals surface area contributed by atoms with Crippen LogP contribution >= 0.6 is 0 Å². The van der Waals surface area contributed by atoms with Gasteiger partial charge in [0.25, 0.3) is 5.91 Å². The molecule has 0 saturated carbocycles. The average Bonchev–Trinajstić information content (AvgIpc) is 3.12. The smallest absolute Gasteiger partial charge is 0.378 e. The normalized spacial score (nSPS) is 19.5. The molecule has 2 aromatic rings.